The van der Waals surface area contributed by atoms with Gasteiger partial charge >= 0.3 is 0 Å². The molecule has 0 amide bonds. The van der Waals surface area contributed by atoms with Crippen molar-refractivity contribution in [1.29, 1.82) is 0 Å². The predicted octanol–water partition coefficient (Wildman–Crippen LogP) is 3.62. The Bertz CT molecular complexity index is 306. The summed E-state index contributed by atoms with van der Waals surface area (Å²) in [7, 11) is 0. The van der Waals surface area contributed by atoms with Crippen LogP contribution in [-0.2, 0) is 5.67 Å². The van der Waals surface area contributed by atoms with E-state index in [1.54, 1.807) is 19.1 Å². The maximum atomic E-state index is 14.4. The molecule has 0 spiro atoms. The Morgan fingerprint density at radius 3 is 1.79 bits per heavy atom. The lowest BCUT2D eigenvalue weighted by Gasteiger charge is -2.35. The lowest BCUT2D eigenvalue weighted by molar-refractivity contribution is 0.0452. The van der Waals surface area contributed by atoms with E-state index >= 15 is 0 Å². The van der Waals surface area contributed by atoms with E-state index in [2.05, 4.69) is 0 Å². The molecule has 14 heavy (non-hydrogen) atoms. The van der Waals surface area contributed by atoms with E-state index in [4.69, 9.17) is 5.11 Å². The molecule has 0 aromatic heterocycles. The Labute approximate surface area is 84.6 Å². The molecule has 0 aliphatic carbocycles. The quantitative estimate of drug-likeness (QED) is 0.727. The molecule has 1 aromatic carbocycles. The Kier molecular flexibility index (Phi) is 2.57. The van der Waals surface area contributed by atoms with E-state index in [9.17, 15) is 4.39 Å². The molecule has 1 nitrogen and oxygen atoms in total. The molecule has 1 unspecified atom stereocenters. The summed E-state index contributed by atoms with van der Waals surface area (Å²) in [4.78, 5) is 0. The minimum absolute atomic E-state index is 0.165. The van der Waals surface area contributed by atoms with Crippen LogP contribution in [0.15, 0.2) is 24.3 Å². The summed E-state index contributed by atoms with van der Waals surface area (Å²) in [5.41, 5.74) is -1.24. The molecule has 78 valence electrons. The summed E-state index contributed by atoms with van der Waals surface area (Å²) in [5, 5.41) is 9.10. The maximum Gasteiger partial charge on any atom is 0.138 e. The van der Waals surface area contributed by atoms with Crippen LogP contribution >= 0.6 is 0 Å². The van der Waals surface area contributed by atoms with Crippen molar-refractivity contribution in [3.05, 3.63) is 29.8 Å². The second kappa shape index (κ2) is 3.26. The van der Waals surface area contributed by atoms with Crippen molar-refractivity contribution in [2.24, 2.45) is 5.41 Å². The summed E-state index contributed by atoms with van der Waals surface area (Å²) in [6, 6.07) is 6.28. The zero-order valence-corrected chi connectivity index (χ0v) is 9.13. The first kappa shape index (κ1) is 11.0. The number of rotatable bonds is 1. The monoisotopic (exact) mass is 196 g/mol. The topological polar surface area (TPSA) is 20.2 Å². The molecule has 1 N–H and O–H groups in total. The van der Waals surface area contributed by atoms with E-state index in [-0.39, 0.29) is 5.75 Å². The molecule has 1 rings (SSSR count). The van der Waals surface area contributed by atoms with Crippen molar-refractivity contribution in [3.63, 3.8) is 0 Å². The van der Waals surface area contributed by atoms with E-state index in [0.29, 0.717) is 5.56 Å². The Hall–Kier alpha value is -1.05. The van der Waals surface area contributed by atoms with E-state index in [1.807, 2.05) is 20.8 Å². The average molecular weight is 196 g/mol. The fraction of sp³-hybridized carbons (Fsp3) is 0.500. The number of alkyl halides is 1. The maximum absolute atomic E-state index is 14.4. The van der Waals surface area contributed by atoms with Crippen LogP contribution in [0.1, 0.15) is 33.3 Å². The lowest BCUT2D eigenvalue weighted by atomic mass is 9.75. The number of benzene rings is 1. The van der Waals surface area contributed by atoms with Gasteiger partial charge in [0.1, 0.15) is 11.4 Å². The second-order valence-corrected chi connectivity index (χ2v) is 4.80. The molecular weight excluding hydrogens is 179 g/mol. The molecule has 0 saturated heterocycles. The first-order valence-electron chi connectivity index (χ1n) is 4.73. The van der Waals surface area contributed by atoms with Gasteiger partial charge in [-0.05, 0) is 30.0 Å². The summed E-state index contributed by atoms with van der Waals surface area (Å²) < 4.78 is 14.4. The number of halogens is 1. The number of aromatic hydroxyl groups is 1. The van der Waals surface area contributed by atoms with Gasteiger partial charge in [0.05, 0.1) is 0 Å². The van der Waals surface area contributed by atoms with Crippen LogP contribution in [0.2, 0.25) is 0 Å². The van der Waals surface area contributed by atoms with Crippen molar-refractivity contribution >= 4 is 0 Å². The van der Waals surface area contributed by atoms with Crippen LogP contribution in [0.25, 0.3) is 0 Å². The largest absolute Gasteiger partial charge is 0.508 e. The van der Waals surface area contributed by atoms with Crippen LogP contribution < -0.4 is 0 Å². The third kappa shape index (κ3) is 1.89. The van der Waals surface area contributed by atoms with Crippen molar-refractivity contribution in [1.82, 2.24) is 0 Å². The van der Waals surface area contributed by atoms with Crippen LogP contribution in [0.5, 0.6) is 5.75 Å². The fourth-order valence-electron chi connectivity index (χ4n) is 1.21. The third-order valence-electron chi connectivity index (χ3n) is 2.82. The molecule has 0 aliphatic heterocycles. The first-order valence-corrected chi connectivity index (χ1v) is 4.73. The van der Waals surface area contributed by atoms with Gasteiger partial charge in [-0.2, -0.15) is 0 Å². The highest BCUT2D eigenvalue weighted by Gasteiger charge is 2.39. The highest BCUT2D eigenvalue weighted by molar-refractivity contribution is 5.30. The van der Waals surface area contributed by atoms with Crippen molar-refractivity contribution in [3.8, 4) is 5.75 Å². The molecule has 0 saturated carbocycles. The number of phenols is 1. The van der Waals surface area contributed by atoms with Gasteiger partial charge in [0.15, 0.2) is 0 Å². The van der Waals surface area contributed by atoms with Crippen molar-refractivity contribution in [2.45, 2.75) is 33.4 Å². The molecule has 0 aliphatic rings. The van der Waals surface area contributed by atoms with Gasteiger partial charge in [-0.15, -0.1) is 0 Å². The van der Waals surface area contributed by atoms with Crippen LogP contribution in [0, 0.1) is 5.41 Å². The summed E-state index contributed by atoms with van der Waals surface area (Å²) in [6.07, 6.45) is 0. The highest BCUT2D eigenvalue weighted by atomic mass is 19.1. The highest BCUT2D eigenvalue weighted by Crippen LogP contribution is 2.42. The van der Waals surface area contributed by atoms with E-state index in [1.165, 1.54) is 12.1 Å². The van der Waals surface area contributed by atoms with Crippen LogP contribution in [0.4, 0.5) is 4.39 Å². The fourth-order valence-corrected chi connectivity index (χ4v) is 1.21. The van der Waals surface area contributed by atoms with Gasteiger partial charge in [-0.3, -0.25) is 0 Å². The summed E-state index contributed by atoms with van der Waals surface area (Å²) >= 11 is 0. The number of hydrogen-bond donors (Lipinski definition) is 1. The lowest BCUT2D eigenvalue weighted by Crippen LogP contribution is -2.32. The van der Waals surface area contributed by atoms with Crippen LogP contribution in [-0.4, -0.2) is 5.11 Å². The Balaban J connectivity index is 3.10. The summed E-state index contributed by atoms with van der Waals surface area (Å²) in [5.74, 6) is 0.165. The van der Waals surface area contributed by atoms with Gasteiger partial charge in [0.25, 0.3) is 0 Å². The molecule has 0 heterocycles. The second-order valence-electron chi connectivity index (χ2n) is 4.80. The molecule has 1 aromatic rings. The normalized spacial score (nSPS) is 16.4. The SMILES string of the molecule is CC(C)(C)C(C)(F)c1ccc(O)cc1. The zero-order chi connectivity index (χ0) is 11.0. The van der Waals surface area contributed by atoms with Gasteiger partial charge in [0, 0.05) is 0 Å². The minimum Gasteiger partial charge on any atom is -0.508 e. The number of hydrogen-bond acceptors (Lipinski definition) is 1. The van der Waals surface area contributed by atoms with Gasteiger partial charge in [-0.1, -0.05) is 32.9 Å². The van der Waals surface area contributed by atoms with Crippen LogP contribution in [0.3, 0.4) is 0 Å². The van der Waals surface area contributed by atoms with Gasteiger partial charge in [-0.25, -0.2) is 4.39 Å². The molecule has 0 bridgehead atoms. The predicted molar refractivity (Wildman–Crippen MR) is 56.0 cm³/mol. The molecule has 0 fully saturated rings. The zero-order valence-electron chi connectivity index (χ0n) is 9.13. The molecule has 1 atom stereocenters. The first-order chi connectivity index (χ1) is 6.25. The molecule has 0 radical (unpaired) electrons. The smallest absolute Gasteiger partial charge is 0.138 e. The molecular formula is C12H17FO. The summed E-state index contributed by atoms with van der Waals surface area (Å²) in [6.45, 7) is 7.15. The van der Waals surface area contributed by atoms with Crippen molar-refractivity contribution in [2.75, 3.05) is 0 Å². The van der Waals surface area contributed by atoms with Crippen molar-refractivity contribution < 1.29 is 9.50 Å². The van der Waals surface area contributed by atoms with E-state index in [0.717, 1.165) is 0 Å². The van der Waals surface area contributed by atoms with E-state index < -0.39 is 11.1 Å². The van der Waals surface area contributed by atoms with Gasteiger partial charge < -0.3 is 5.11 Å². The Morgan fingerprint density at radius 2 is 1.43 bits per heavy atom. The van der Waals surface area contributed by atoms with Gasteiger partial charge in [0.2, 0.25) is 0 Å². The Morgan fingerprint density at radius 1 is 1.00 bits per heavy atom. The average Bonchev–Trinajstić information content (AvgIpc) is 2.03. The minimum atomic E-state index is -1.39. The standard InChI is InChI=1S/C12H17FO/c1-11(2,3)12(4,13)9-5-7-10(14)8-6-9/h5-8,14H,1-4H3. The third-order valence-corrected chi connectivity index (χ3v) is 2.82. The number of phenolic OH excluding ortho intramolecular Hbond substituents is 1. The molecule has 2 heteroatoms.